The molecule has 542 valence electrons. The zero-order valence-electron chi connectivity index (χ0n) is 65.4. The van der Waals surface area contributed by atoms with Gasteiger partial charge < -0.3 is 44.4 Å². The topological polar surface area (TPSA) is 91.7 Å². The van der Waals surface area contributed by atoms with Crippen LogP contribution in [0.25, 0.3) is 0 Å². The summed E-state index contributed by atoms with van der Waals surface area (Å²) in [4.78, 5) is 12.1. The second-order valence-electron chi connectivity index (χ2n) is 26.0. The second-order valence-corrected chi connectivity index (χ2v) is 26.0. The highest BCUT2D eigenvalue weighted by atomic mass is 16.5. The Morgan fingerprint density at radius 3 is 1.20 bits per heavy atom. The number of piperazine rings is 1. The monoisotopic (exact) mass is 1270 g/mol. The van der Waals surface area contributed by atoms with E-state index >= 15 is 0 Å². The van der Waals surface area contributed by atoms with Crippen molar-refractivity contribution in [2.45, 2.75) is 360 Å². The fraction of sp³-hybridized carbons (Fsp3) is 0.987. The molecule has 2 atom stereocenters. The Morgan fingerprint density at radius 1 is 0.449 bits per heavy atom. The first-order chi connectivity index (χ1) is 43.2. The lowest BCUT2D eigenvalue weighted by molar-refractivity contribution is -0.0664. The SMILES string of the molecule is CCCC.CCCC1CCCCC1.CCCCC.CCCCC#N.CCCCCC.CCCCCCOC.CCN(C)CCOC.CCN1CC(C)OC(C)C1.CCN1CCCCCC1.CCN1CCN(C)CC1.CCNC1CCC1.CCNC1CCCC1. The molecular formula is C78H172N8O3. The number of unbranched alkanes of at least 4 members (excludes halogenated alkanes) is 11. The highest BCUT2D eigenvalue weighted by Gasteiger charge is 2.20. The van der Waals surface area contributed by atoms with E-state index in [4.69, 9.17) is 19.5 Å². The Balaban J connectivity index is -0.000000213. The highest BCUT2D eigenvalue weighted by molar-refractivity contribution is 4.75. The summed E-state index contributed by atoms with van der Waals surface area (Å²) < 4.78 is 15.3. The van der Waals surface area contributed by atoms with Crippen LogP contribution in [0.4, 0.5) is 0 Å². The van der Waals surface area contributed by atoms with Crippen molar-refractivity contribution < 1.29 is 14.2 Å². The van der Waals surface area contributed by atoms with Crippen molar-refractivity contribution in [3.63, 3.8) is 0 Å². The number of morpholine rings is 1. The van der Waals surface area contributed by atoms with Gasteiger partial charge in [0.2, 0.25) is 0 Å². The largest absolute Gasteiger partial charge is 0.385 e. The fourth-order valence-corrected chi connectivity index (χ4v) is 10.6. The molecular weight excluding hydrogens is 1100 g/mol. The molecule has 2 N–H and O–H groups in total. The van der Waals surface area contributed by atoms with E-state index in [1.807, 2.05) is 0 Å². The molecule has 0 amide bonds. The molecule has 2 unspecified atom stereocenters. The number of hydrogen-bond acceptors (Lipinski definition) is 11. The van der Waals surface area contributed by atoms with Crippen LogP contribution in [0.3, 0.4) is 0 Å². The van der Waals surface area contributed by atoms with Crippen LogP contribution in [0.2, 0.25) is 0 Å². The van der Waals surface area contributed by atoms with Crippen LogP contribution < -0.4 is 10.6 Å². The van der Waals surface area contributed by atoms with Crippen LogP contribution in [0.5, 0.6) is 0 Å². The minimum atomic E-state index is 0.420. The lowest BCUT2D eigenvalue weighted by Gasteiger charge is -2.34. The summed E-state index contributed by atoms with van der Waals surface area (Å²) in [6.07, 6.45) is 47.4. The molecule has 3 aliphatic heterocycles. The predicted octanol–water partition coefficient (Wildman–Crippen LogP) is 20.4. The van der Waals surface area contributed by atoms with Crippen molar-refractivity contribution in [1.82, 2.24) is 35.1 Å². The van der Waals surface area contributed by atoms with E-state index in [0.717, 1.165) is 96.3 Å². The molecule has 0 aromatic heterocycles. The van der Waals surface area contributed by atoms with Gasteiger partial charge in [-0.2, -0.15) is 5.26 Å². The molecule has 0 radical (unpaired) electrons. The molecule has 0 aromatic carbocycles. The van der Waals surface area contributed by atoms with Crippen molar-refractivity contribution in [3.05, 3.63) is 0 Å². The maximum absolute atomic E-state index is 7.95. The summed E-state index contributed by atoms with van der Waals surface area (Å²) in [6, 6.07) is 3.81. The van der Waals surface area contributed by atoms with Gasteiger partial charge in [0.25, 0.3) is 0 Å². The van der Waals surface area contributed by atoms with Crippen LogP contribution in [-0.2, 0) is 14.2 Å². The number of likely N-dealkylation sites (N-methyl/N-ethyl adjacent to an activating group) is 4. The third-order valence-electron chi connectivity index (χ3n) is 17.2. The van der Waals surface area contributed by atoms with Crippen LogP contribution in [0, 0.1) is 17.2 Å². The van der Waals surface area contributed by atoms with Crippen LogP contribution in [-0.4, -0.2) is 188 Å². The van der Waals surface area contributed by atoms with Crippen LogP contribution in [0.15, 0.2) is 0 Å². The highest BCUT2D eigenvalue weighted by Crippen LogP contribution is 2.27. The first-order valence-electron chi connectivity index (χ1n) is 39.2. The Labute approximate surface area is 564 Å². The maximum atomic E-state index is 7.95. The number of hydrogen-bond donors (Lipinski definition) is 2. The van der Waals surface area contributed by atoms with E-state index in [0.29, 0.717) is 12.2 Å². The number of nitrogens with one attached hydrogen (secondary N) is 2. The number of methoxy groups -OCH3 is 2. The maximum Gasteiger partial charge on any atom is 0.0678 e. The van der Waals surface area contributed by atoms with Gasteiger partial charge in [0.1, 0.15) is 0 Å². The third kappa shape index (κ3) is 85.1. The number of ether oxygens (including phenoxy) is 3. The van der Waals surface area contributed by atoms with E-state index in [2.05, 4.69) is 173 Å². The summed E-state index contributed by atoms with van der Waals surface area (Å²) >= 11 is 0. The van der Waals surface area contributed by atoms with Gasteiger partial charge in [-0.3, -0.25) is 4.90 Å². The summed E-state index contributed by atoms with van der Waals surface area (Å²) in [7, 11) is 7.75. The minimum Gasteiger partial charge on any atom is -0.385 e. The normalized spacial score (nSPS) is 18.7. The summed E-state index contributed by atoms with van der Waals surface area (Å²) in [6.45, 7) is 57.0. The minimum absolute atomic E-state index is 0.420. The van der Waals surface area contributed by atoms with Gasteiger partial charge in [-0.25, -0.2) is 0 Å². The van der Waals surface area contributed by atoms with Crippen LogP contribution in [0.1, 0.15) is 336 Å². The zero-order valence-corrected chi connectivity index (χ0v) is 65.4. The second kappa shape index (κ2) is 87.1. The van der Waals surface area contributed by atoms with Crippen molar-refractivity contribution in [1.29, 1.82) is 5.26 Å². The van der Waals surface area contributed by atoms with E-state index in [1.165, 1.54) is 251 Å². The molecule has 0 aromatic rings. The first kappa shape index (κ1) is 99.1. The quantitative estimate of drug-likeness (QED) is 0.0812. The standard InChI is InChI=1S/C9H18.C8H17NO.C8H17N.C7H16N2.C7H15N.C7H16O.C6H15NO.C6H13N.C6H14.C5H9N.C5H12.C4H10/c1-2-6-9-7-4-3-5-8-9;1-4-9-5-7(2)10-8(3)6-9;1-2-9-7-5-3-4-6-8-9;1-3-9-6-4-8(2)5-7-9;1-2-8-7-5-3-4-6-7;1-3-4-5-6-7-8-2;1-4-7(2)5-6-8-3;1-2-7-6-4-3-5-6;1-3-5-6-4-2;1-2-3-4-5-6;1-3-5-4-2;1-3-4-2/h9H,2-8H2,1H3;7-8H,4-6H2,1-3H3;2-8H2,1H3;3-7H2,1-2H3;7-8H,2-6H2,1H3;3-7H2,1-2H3;4-6H2,1-3H3;6-7H,2-5H2,1H3;3-6H2,1-2H3;2-4H2,1H3;3-5H2,1-2H3;3-4H2,1-2H3. The van der Waals surface area contributed by atoms with Crippen molar-refractivity contribution in [2.75, 3.05) is 140 Å². The smallest absolute Gasteiger partial charge is 0.0678 e. The van der Waals surface area contributed by atoms with Gasteiger partial charge >= 0.3 is 0 Å². The molecule has 11 nitrogen and oxygen atoms in total. The molecule has 3 saturated heterocycles. The molecule has 3 heterocycles. The average molecular weight is 1270 g/mol. The lowest BCUT2D eigenvalue weighted by Crippen LogP contribution is -2.45. The van der Waals surface area contributed by atoms with Crippen molar-refractivity contribution in [2.24, 2.45) is 5.92 Å². The third-order valence-corrected chi connectivity index (χ3v) is 17.2. The van der Waals surface area contributed by atoms with Crippen molar-refractivity contribution >= 4 is 0 Å². The summed E-state index contributed by atoms with van der Waals surface area (Å²) in [5.41, 5.74) is 0. The molecule has 89 heavy (non-hydrogen) atoms. The van der Waals surface area contributed by atoms with E-state index in [-0.39, 0.29) is 0 Å². The summed E-state index contributed by atoms with van der Waals surface area (Å²) in [5.74, 6) is 1.10. The number of nitriles is 1. The fourth-order valence-electron chi connectivity index (χ4n) is 10.6. The average Bonchev–Trinajstić information content (AvgIpc) is 4.20. The molecule has 3 saturated carbocycles. The predicted molar refractivity (Wildman–Crippen MR) is 403 cm³/mol. The molecule has 0 bridgehead atoms. The Morgan fingerprint density at radius 2 is 0.865 bits per heavy atom. The van der Waals surface area contributed by atoms with Gasteiger partial charge in [0.15, 0.2) is 0 Å². The Bertz CT molecular complexity index is 1190. The summed E-state index contributed by atoms with van der Waals surface area (Å²) in [5, 5.41) is 14.8. The number of likely N-dealkylation sites (tertiary alicyclic amines) is 1. The first-order valence-corrected chi connectivity index (χ1v) is 39.2. The van der Waals surface area contributed by atoms with E-state index in [9.17, 15) is 0 Å². The molecule has 6 rings (SSSR count). The van der Waals surface area contributed by atoms with Gasteiger partial charge in [0, 0.05) is 85.1 Å². The van der Waals surface area contributed by atoms with Gasteiger partial charge in [-0.1, -0.05) is 264 Å². The zero-order chi connectivity index (χ0) is 68.1. The molecule has 6 fully saturated rings. The van der Waals surface area contributed by atoms with Crippen molar-refractivity contribution in [3.8, 4) is 6.07 Å². The van der Waals surface area contributed by atoms with Gasteiger partial charge in [0.05, 0.1) is 24.9 Å². The number of nitrogens with zero attached hydrogens (tertiary/aromatic N) is 6. The van der Waals surface area contributed by atoms with E-state index in [1.54, 1.807) is 14.2 Å². The Kier molecular flexibility index (Phi) is 97.0. The lowest BCUT2D eigenvalue weighted by atomic mass is 9.86. The van der Waals surface area contributed by atoms with Gasteiger partial charge in [-0.05, 0) is 138 Å². The Hall–Kier alpha value is -0.910. The molecule has 6 aliphatic rings. The van der Waals surface area contributed by atoms with E-state index < -0.39 is 0 Å². The molecule has 3 aliphatic carbocycles. The molecule has 11 heteroatoms. The molecule has 0 spiro atoms. The number of rotatable bonds is 26. The van der Waals surface area contributed by atoms with Crippen LogP contribution >= 0.6 is 0 Å². The van der Waals surface area contributed by atoms with Gasteiger partial charge in [-0.15, -0.1) is 0 Å².